The van der Waals surface area contributed by atoms with Gasteiger partial charge in [0, 0.05) is 11.1 Å². The van der Waals surface area contributed by atoms with Crippen LogP contribution in [0.4, 0.5) is 0 Å². The van der Waals surface area contributed by atoms with Gasteiger partial charge in [0.1, 0.15) is 0 Å². The summed E-state index contributed by atoms with van der Waals surface area (Å²) in [6, 6.07) is 6.64. The first-order valence-corrected chi connectivity index (χ1v) is 5.17. The van der Waals surface area contributed by atoms with E-state index in [9.17, 15) is 14.4 Å². The molecule has 0 saturated carbocycles. The number of hydrogen-bond acceptors (Lipinski definition) is 3. The molecule has 0 bridgehead atoms. The molecule has 84 valence electrons. The summed E-state index contributed by atoms with van der Waals surface area (Å²) in [5.41, 5.74) is 1.60. The lowest BCUT2D eigenvalue weighted by Crippen LogP contribution is -2.06. The highest BCUT2D eigenvalue weighted by Gasteiger charge is 2.15. The lowest BCUT2D eigenvalue weighted by Gasteiger charge is -2.07. The van der Waals surface area contributed by atoms with Crippen molar-refractivity contribution in [2.45, 2.75) is 6.92 Å². The Hall–Kier alpha value is -2.29. The molecule has 0 saturated heterocycles. The minimum absolute atomic E-state index is 0.0310. The lowest BCUT2D eigenvalue weighted by atomic mass is 9.95. The second-order valence-corrected chi connectivity index (χ2v) is 3.79. The van der Waals surface area contributed by atoms with Gasteiger partial charge in [-0.1, -0.05) is 24.3 Å². The Morgan fingerprint density at radius 3 is 2.24 bits per heavy atom. The maximum atomic E-state index is 11.6. The molecule has 0 radical (unpaired) electrons. The fourth-order valence-corrected chi connectivity index (χ4v) is 1.62. The Kier molecular flexibility index (Phi) is 2.83. The van der Waals surface area contributed by atoms with Crippen LogP contribution in [-0.2, 0) is 9.59 Å². The van der Waals surface area contributed by atoms with Gasteiger partial charge in [-0.2, -0.15) is 0 Å². The molecule has 0 unspecified atom stereocenters. The summed E-state index contributed by atoms with van der Waals surface area (Å²) in [6.45, 7) is 1.48. The molecule has 3 heteroatoms. The smallest absolute Gasteiger partial charge is 0.186 e. The van der Waals surface area contributed by atoms with Crippen LogP contribution in [0.25, 0.3) is 5.57 Å². The predicted octanol–water partition coefficient (Wildman–Crippen LogP) is 1.98. The van der Waals surface area contributed by atoms with Crippen LogP contribution in [0.3, 0.4) is 0 Å². The Balaban J connectivity index is 2.38. The van der Waals surface area contributed by atoms with Crippen LogP contribution < -0.4 is 0 Å². The molecule has 0 spiro atoms. The fraction of sp³-hybridized carbons (Fsp3) is 0.0714. The highest BCUT2D eigenvalue weighted by molar-refractivity contribution is 6.33. The number of rotatable bonds is 2. The second-order valence-electron chi connectivity index (χ2n) is 3.79. The zero-order valence-electron chi connectivity index (χ0n) is 9.27. The number of carbonyl (C=O) groups excluding carboxylic acids is 3. The van der Waals surface area contributed by atoms with Gasteiger partial charge < -0.3 is 0 Å². The normalized spacial score (nSPS) is 14.8. The first-order chi connectivity index (χ1) is 8.08. The van der Waals surface area contributed by atoms with E-state index in [-0.39, 0.29) is 17.3 Å². The summed E-state index contributed by atoms with van der Waals surface area (Å²) in [4.78, 5) is 33.9. The third-order valence-electron chi connectivity index (χ3n) is 2.55. The molecule has 1 aromatic carbocycles. The third-order valence-corrected chi connectivity index (χ3v) is 2.55. The van der Waals surface area contributed by atoms with Crippen LogP contribution in [-0.4, -0.2) is 17.3 Å². The van der Waals surface area contributed by atoms with Gasteiger partial charge in [-0.3, -0.25) is 14.4 Å². The molecule has 3 nitrogen and oxygen atoms in total. The number of allylic oxidation sites excluding steroid dienone is 4. The van der Waals surface area contributed by atoms with Crippen molar-refractivity contribution < 1.29 is 14.4 Å². The molecule has 1 aliphatic rings. The van der Waals surface area contributed by atoms with Crippen molar-refractivity contribution in [3.63, 3.8) is 0 Å². The first kappa shape index (κ1) is 11.2. The molecule has 2 rings (SSSR count). The average molecular weight is 226 g/mol. The van der Waals surface area contributed by atoms with Gasteiger partial charge in [0.15, 0.2) is 17.3 Å². The summed E-state index contributed by atoms with van der Waals surface area (Å²) in [5.74, 6) is -0.424. The highest BCUT2D eigenvalue weighted by atomic mass is 16.1. The van der Waals surface area contributed by atoms with Gasteiger partial charge in [0.05, 0.1) is 0 Å². The van der Waals surface area contributed by atoms with Crippen LogP contribution in [0.15, 0.2) is 42.5 Å². The van der Waals surface area contributed by atoms with E-state index in [0.29, 0.717) is 16.7 Å². The standard InChI is InChI=1S/C14H10O3/c1-9(15)10-2-4-11(5-3-10)13-8-12(16)6-7-14(13)17/h2-8H,1H3. The minimum Gasteiger partial charge on any atom is -0.295 e. The Labute approximate surface area is 98.5 Å². The number of hydrogen-bond donors (Lipinski definition) is 0. The van der Waals surface area contributed by atoms with Crippen LogP contribution in [0, 0.1) is 0 Å². The van der Waals surface area contributed by atoms with Crippen molar-refractivity contribution in [3.8, 4) is 0 Å². The van der Waals surface area contributed by atoms with Crippen molar-refractivity contribution in [1.29, 1.82) is 0 Å². The van der Waals surface area contributed by atoms with Gasteiger partial charge in [-0.05, 0) is 30.7 Å². The zero-order valence-corrected chi connectivity index (χ0v) is 9.27. The summed E-state index contributed by atoms with van der Waals surface area (Å²) >= 11 is 0. The number of Topliss-reactive ketones (excluding diaryl/α,β-unsaturated/α-hetero) is 1. The fourth-order valence-electron chi connectivity index (χ4n) is 1.62. The van der Waals surface area contributed by atoms with E-state index in [1.807, 2.05) is 0 Å². The van der Waals surface area contributed by atoms with E-state index < -0.39 is 0 Å². The van der Waals surface area contributed by atoms with E-state index >= 15 is 0 Å². The Morgan fingerprint density at radius 1 is 1.00 bits per heavy atom. The molecular weight excluding hydrogens is 216 g/mol. The van der Waals surface area contributed by atoms with Crippen LogP contribution in [0.1, 0.15) is 22.8 Å². The third kappa shape index (κ3) is 2.28. The van der Waals surface area contributed by atoms with E-state index in [1.54, 1.807) is 24.3 Å². The van der Waals surface area contributed by atoms with Gasteiger partial charge in [0.25, 0.3) is 0 Å². The molecule has 0 heterocycles. The molecule has 0 N–H and O–H groups in total. The average Bonchev–Trinajstić information content (AvgIpc) is 2.32. The molecule has 0 atom stereocenters. The van der Waals surface area contributed by atoms with Crippen LogP contribution >= 0.6 is 0 Å². The maximum absolute atomic E-state index is 11.6. The van der Waals surface area contributed by atoms with Crippen molar-refractivity contribution >= 4 is 22.9 Å². The molecule has 0 amide bonds. The summed E-state index contributed by atoms with van der Waals surface area (Å²) in [6.07, 6.45) is 3.82. The minimum atomic E-state index is -0.199. The van der Waals surface area contributed by atoms with E-state index in [1.165, 1.54) is 25.2 Å². The van der Waals surface area contributed by atoms with E-state index in [2.05, 4.69) is 0 Å². The van der Waals surface area contributed by atoms with Crippen molar-refractivity contribution in [2.75, 3.05) is 0 Å². The summed E-state index contributed by atoms with van der Waals surface area (Å²) < 4.78 is 0. The first-order valence-electron chi connectivity index (χ1n) is 5.17. The zero-order chi connectivity index (χ0) is 12.4. The van der Waals surface area contributed by atoms with Gasteiger partial charge in [-0.25, -0.2) is 0 Å². The summed E-state index contributed by atoms with van der Waals surface area (Å²) in [5, 5.41) is 0. The summed E-state index contributed by atoms with van der Waals surface area (Å²) in [7, 11) is 0. The molecule has 0 aliphatic heterocycles. The van der Waals surface area contributed by atoms with Gasteiger partial charge >= 0.3 is 0 Å². The Morgan fingerprint density at radius 2 is 1.65 bits per heavy atom. The Bertz CT molecular complexity index is 560. The highest BCUT2D eigenvalue weighted by Crippen LogP contribution is 2.19. The lowest BCUT2D eigenvalue weighted by molar-refractivity contribution is -0.113. The molecule has 1 aliphatic carbocycles. The molecular formula is C14H10O3. The van der Waals surface area contributed by atoms with Crippen molar-refractivity contribution in [1.82, 2.24) is 0 Å². The van der Waals surface area contributed by atoms with Crippen molar-refractivity contribution in [2.24, 2.45) is 0 Å². The molecule has 0 aromatic heterocycles. The van der Waals surface area contributed by atoms with Gasteiger partial charge in [-0.15, -0.1) is 0 Å². The SMILES string of the molecule is CC(=O)c1ccc(C2=CC(=O)C=CC2=O)cc1. The quantitative estimate of drug-likeness (QED) is 0.572. The van der Waals surface area contributed by atoms with E-state index in [0.717, 1.165) is 0 Å². The van der Waals surface area contributed by atoms with Gasteiger partial charge in [0.2, 0.25) is 0 Å². The number of benzene rings is 1. The molecule has 17 heavy (non-hydrogen) atoms. The number of carbonyl (C=O) groups is 3. The monoisotopic (exact) mass is 226 g/mol. The van der Waals surface area contributed by atoms with Crippen molar-refractivity contribution in [3.05, 3.63) is 53.6 Å². The topological polar surface area (TPSA) is 51.2 Å². The largest absolute Gasteiger partial charge is 0.295 e. The van der Waals surface area contributed by atoms with Crippen LogP contribution in [0.2, 0.25) is 0 Å². The van der Waals surface area contributed by atoms with E-state index in [4.69, 9.17) is 0 Å². The second kappa shape index (κ2) is 4.29. The number of ketones is 3. The molecule has 1 aromatic rings. The maximum Gasteiger partial charge on any atom is 0.186 e. The predicted molar refractivity (Wildman–Crippen MR) is 63.6 cm³/mol. The van der Waals surface area contributed by atoms with Crippen LogP contribution in [0.5, 0.6) is 0 Å². The molecule has 0 fully saturated rings.